The van der Waals surface area contributed by atoms with Gasteiger partial charge in [0, 0.05) is 24.7 Å². The summed E-state index contributed by atoms with van der Waals surface area (Å²) in [6.07, 6.45) is 10.1. The molecule has 0 aliphatic heterocycles. The lowest BCUT2D eigenvalue weighted by Gasteiger charge is -2.33. The van der Waals surface area contributed by atoms with Crippen molar-refractivity contribution in [3.63, 3.8) is 0 Å². The van der Waals surface area contributed by atoms with Gasteiger partial charge in [0.05, 0.1) is 25.1 Å². The largest absolute Gasteiger partial charge is 0.472 e. The second-order valence-electron chi connectivity index (χ2n) is 9.29. The van der Waals surface area contributed by atoms with Gasteiger partial charge in [-0.15, -0.1) is 0 Å². The molecule has 0 N–H and O–H groups in total. The standard InChI is InChI=1S/C31H33F3O5/c1-23(9-7-11-25-15-17-37-21-25)19-28(20-24(2)10-8-12-26-16-18-38-22-26)39-29(35)30(36-3,31(32,33)34)27-13-5-4-6-14-27/h4-7,10-11,13-19,21-22,28H,8-9,12,20H2,1-3H3/b11-7+,23-19+,24-10+/t28-,30+/m1/s1. The number of benzene rings is 1. The number of rotatable bonds is 13. The van der Waals surface area contributed by atoms with Gasteiger partial charge in [-0.3, -0.25) is 0 Å². The maximum absolute atomic E-state index is 14.4. The van der Waals surface area contributed by atoms with E-state index in [0.717, 1.165) is 35.8 Å². The van der Waals surface area contributed by atoms with Crippen LogP contribution >= 0.6 is 0 Å². The van der Waals surface area contributed by atoms with Crippen LogP contribution < -0.4 is 0 Å². The van der Waals surface area contributed by atoms with Crippen molar-refractivity contribution < 1.29 is 36.3 Å². The van der Waals surface area contributed by atoms with E-state index in [4.69, 9.17) is 18.3 Å². The zero-order valence-corrected chi connectivity index (χ0v) is 22.2. The quantitative estimate of drug-likeness (QED) is 0.161. The van der Waals surface area contributed by atoms with Crippen LogP contribution in [0.4, 0.5) is 13.2 Å². The van der Waals surface area contributed by atoms with Gasteiger partial charge in [-0.25, -0.2) is 4.79 Å². The highest BCUT2D eigenvalue weighted by Gasteiger charge is 2.64. The summed E-state index contributed by atoms with van der Waals surface area (Å²) >= 11 is 0. The van der Waals surface area contributed by atoms with Crippen LogP contribution in [0.15, 0.2) is 106 Å². The van der Waals surface area contributed by atoms with Crippen LogP contribution in [-0.4, -0.2) is 25.4 Å². The van der Waals surface area contributed by atoms with Crippen LogP contribution in [-0.2, 0) is 26.3 Å². The van der Waals surface area contributed by atoms with Crippen molar-refractivity contribution in [1.29, 1.82) is 0 Å². The van der Waals surface area contributed by atoms with E-state index < -0.39 is 23.9 Å². The normalized spacial score (nSPS) is 15.3. The summed E-state index contributed by atoms with van der Waals surface area (Å²) in [6.45, 7) is 3.70. The van der Waals surface area contributed by atoms with Crippen molar-refractivity contribution in [3.8, 4) is 0 Å². The first-order chi connectivity index (χ1) is 18.7. The maximum atomic E-state index is 14.4. The van der Waals surface area contributed by atoms with Crippen molar-refractivity contribution >= 4 is 12.0 Å². The topological polar surface area (TPSA) is 61.8 Å². The molecule has 0 saturated carbocycles. The van der Waals surface area contributed by atoms with Gasteiger partial charge in [0.25, 0.3) is 5.60 Å². The number of methoxy groups -OCH3 is 1. The van der Waals surface area contributed by atoms with Gasteiger partial charge in [-0.05, 0) is 56.9 Å². The van der Waals surface area contributed by atoms with Crippen LogP contribution in [0.2, 0.25) is 0 Å². The minimum absolute atomic E-state index is 0.229. The Morgan fingerprint density at radius 1 is 1.00 bits per heavy atom. The second kappa shape index (κ2) is 13.8. The van der Waals surface area contributed by atoms with E-state index in [1.54, 1.807) is 37.2 Å². The molecule has 3 rings (SSSR count). The Hall–Kier alpha value is -3.78. The van der Waals surface area contributed by atoms with E-state index in [1.807, 2.05) is 44.2 Å². The van der Waals surface area contributed by atoms with Crippen molar-refractivity contribution in [2.75, 3.05) is 7.11 Å². The fourth-order valence-corrected chi connectivity index (χ4v) is 4.20. The Bertz CT molecular complexity index is 1240. The monoisotopic (exact) mass is 542 g/mol. The molecule has 208 valence electrons. The number of hydrogen-bond acceptors (Lipinski definition) is 5. The average molecular weight is 543 g/mol. The van der Waals surface area contributed by atoms with Crippen LogP contribution in [0, 0.1) is 0 Å². The van der Waals surface area contributed by atoms with Crippen LogP contribution in [0.5, 0.6) is 0 Å². The molecular weight excluding hydrogens is 509 g/mol. The molecule has 3 aromatic rings. The number of carbonyl (C=O) groups excluding carboxylic acids is 1. The number of esters is 1. The van der Waals surface area contributed by atoms with Gasteiger partial charge < -0.3 is 18.3 Å². The molecule has 0 bridgehead atoms. The molecule has 2 aromatic heterocycles. The number of carbonyl (C=O) groups is 1. The molecule has 0 amide bonds. The molecule has 39 heavy (non-hydrogen) atoms. The highest BCUT2D eigenvalue weighted by atomic mass is 19.4. The molecule has 2 heterocycles. The predicted molar refractivity (Wildman–Crippen MR) is 143 cm³/mol. The summed E-state index contributed by atoms with van der Waals surface area (Å²) < 4.78 is 63.9. The van der Waals surface area contributed by atoms with Gasteiger partial charge in [0.1, 0.15) is 6.10 Å². The molecule has 0 aliphatic rings. The summed E-state index contributed by atoms with van der Waals surface area (Å²) in [7, 11) is 0.861. The molecule has 0 radical (unpaired) electrons. The van der Waals surface area contributed by atoms with E-state index in [9.17, 15) is 18.0 Å². The van der Waals surface area contributed by atoms with Gasteiger partial charge in [-0.1, -0.05) is 59.7 Å². The molecular formula is C31H33F3O5. The molecule has 0 aliphatic carbocycles. The summed E-state index contributed by atoms with van der Waals surface area (Å²) in [5.41, 5.74) is 0.0338. The van der Waals surface area contributed by atoms with Crippen molar-refractivity contribution in [2.45, 2.75) is 57.4 Å². The highest BCUT2D eigenvalue weighted by molar-refractivity contribution is 5.83. The van der Waals surface area contributed by atoms with Crippen molar-refractivity contribution in [1.82, 2.24) is 0 Å². The van der Waals surface area contributed by atoms with E-state index in [0.29, 0.717) is 12.8 Å². The zero-order chi connectivity index (χ0) is 28.3. The predicted octanol–water partition coefficient (Wildman–Crippen LogP) is 8.21. The van der Waals surface area contributed by atoms with Crippen molar-refractivity contribution in [3.05, 3.63) is 114 Å². The fourth-order valence-electron chi connectivity index (χ4n) is 4.20. The van der Waals surface area contributed by atoms with E-state index in [-0.39, 0.29) is 12.0 Å². The Morgan fingerprint density at radius 2 is 1.72 bits per heavy atom. The number of furan rings is 2. The molecule has 5 nitrogen and oxygen atoms in total. The number of aryl methyl sites for hydroxylation is 1. The van der Waals surface area contributed by atoms with E-state index in [1.165, 1.54) is 24.3 Å². The lowest BCUT2D eigenvalue weighted by Crippen LogP contribution is -2.52. The summed E-state index contributed by atoms with van der Waals surface area (Å²) in [4.78, 5) is 13.3. The smallest absolute Gasteiger partial charge is 0.432 e. The fraction of sp³-hybridized carbons (Fsp3) is 0.323. The van der Waals surface area contributed by atoms with E-state index >= 15 is 0 Å². The first kappa shape index (κ1) is 29.8. The van der Waals surface area contributed by atoms with Gasteiger partial charge >= 0.3 is 12.1 Å². The Labute approximate surface area is 226 Å². The first-order valence-electron chi connectivity index (χ1n) is 12.6. The molecule has 1 aromatic carbocycles. The van der Waals surface area contributed by atoms with Crippen LogP contribution in [0.25, 0.3) is 6.08 Å². The molecule has 2 atom stereocenters. The second-order valence-corrected chi connectivity index (χ2v) is 9.29. The maximum Gasteiger partial charge on any atom is 0.432 e. The number of halogens is 3. The summed E-state index contributed by atoms with van der Waals surface area (Å²) in [5.74, 6) is -1.52. The summed E-state index contributed by atoms with van der Waals surface area (Å²) in [5, 5.41) is 0. The van der Waals surface area contributed by atoms with Gasteiger partial charge in [0.15, 0.2) is 0 Å². The molecule has 8 heteroatoms. The lowest BCUT2D eigenvalue weighted by atomic mass is 9.92. The molecule has 0 fully saturated rings. The molecule has 0 saturated heterocycles. The Kier molecular flexibility index (Phi) is 10.6. The van der Waals surface area contributed by atoms with E-state index in [2.05, 4.69) is 0 Å². The van der Waals surface area contributed by atoms with Crippen LogP contribution in [0.3, 0.4) is 0 Å². The SMILES string of the molecule is CO[C@](C(=O)O[C@H](/C=C(\C)C/C=C/c1ccoc1)C/C(C)=C/CCc1ccoc1)(c1ccccc1)C(F)(F)F. The van der Waals surface area contributed by atoms with Crippen LogP contribution in [0.1, 0.15) is 49.8 Å². The third-order valence-electron chi connectivity index (χ3n) is 6.22. The zero-order valence-electron chi connectivity index (χ0n) is 22.2. The van der Waals surface area contributed by atoms with Crippen molar-refractivity contribution in [2.24, 2.45) is 0 Å². The lowest BCUT2D eigenvalue weighted by molar-refractivity contribution is -0.277. The minimum atomic E-state index is -5.05. The Morgan fingerprint density at radius 3 is 2.33 bits per heavy atom. The number of ether oxygens (including phenoxy) is 2. The number of hydrogen-bond donors (Lipinski definition) is 0. The Balaban J connectivity index is 1.84. The minimum Gasteiger partial charge on any atom is -0.472 e. The highest BCUT2D eigenvalue weighted by Crippen LogP contribution is 2.43. The van der Waals surface area contributed by atoms with Gasteiger partial charge in [-0.2, -0.15) is 13.2 Å². The average Bonchev–Trinajstić information content (AvgIpc) is 3.59. The third-order valence-corrected chi connectivity index (χ3v) is 6.22. The van der Waals surface area contributed by atoms with Gasteiger partial charge in [0.2, 0.25) is 0 Å². The number of allylic oxidation sites excluding steroid dienone is 3. The number of alkyl halides is 3. The third kappa shape index (κ3) is 8.10. The molecule has 0 unspecified atom stereocenters. The summed E-state index contributed by atoms with van der Waals surface area (Å²) in [6, 6.07) is 10.5. The molecule has 0 spiro atoms. The first-order valence-corrected chi connectivity index (χ1v) is 12.6.